The minimum atomic E-state index is -0.316. The van der Waals surface area contributed by atoms with Crippen molar-refractivity contribution in [1.82, 2.24) is 0 Å². The van der Waals surface area contributed by atoms with Crippen LogP contribution in [-0.2, 0) is 9.53 Å². The van der Waals surface area contributed by atoms with Crippen LogP contribution in [0.3, 0.4) is 0 Å². The molecule has 0 heterocycles. The van der Waals surface area contributed by atoms with Gasteiger partial charge in [-0.25, -0.2) is 0 Å². The lowest BCUT2D eigenvalue weighted by atomic mass is 9.93. The van der Waals surface area contributed by atoms with Gasteiger partial charge in [0.25, 0.3) is 0 Å². The minimum absolute atomic E-state index is 0.222. The van der Waals surface area contributed by atoms with Crippen LogP contribution in [-0.4, -0.2) is 19.7 Å². The van der Waals surface area contributed by atoms with Gasteiger partial charge in [0.2, 0.25) is 0 Å². The molecule has 0 bridgehead atoms. The first kappa shape index (κ1) is 14.8. The molecule has 0 aliphatic rings. The number of rotatable bonds is 6. The molecule has 0 spiro atoms. The number of benzene rings is 1. The number of hydrogen-bond acceptors (Lipinski definition) is 3. The molecule has 0 aromatic heterocycles. The Kier molecular flexibility index (Phi) is 5.99. The van der Waals surface area contributed by atoms with E-state index in [2.05, 4.69) is 0 Å². The molecule has 4 heteroatoms. The number of carbonyl (C=O) groups is 1. The fraction of sp³-hybridized carbons (Fsp3) is 0.500. The fourth-order valence-corrected chi connectivity index (χ4v) is 2.09. The summed E-state index contributed by atoms with van der Waals surface area (Å²) in [5.74, 6) is 0.134. The summed E-state index contributed by atoms with van der Waals surface area (Å²) in [5.41, 5.74) is 0.797. The highest BCUT2D eigenvalue weighted by atomic mass is 35.5. The summed E-state index contributed by atoms with van der Waals surface area (Å²) >= 11 is 5.99. The van der Waals surface area contributed by atoms with Crippen molar-refractivity contribution in [3.05, 3.63) is 28.8 Å². The summed E-state index contributed by atoms with van der Waals surface area (Å²) in [4.78, 5) is 12.0. The summed E-state index contributed by atoms with van der Waals surface area (Å²) in [6.07, 6.45) is 1.61. The fourth-order valence-electron chi connectivity index (χ4n) is 1.91. The zero-order chi connectivity index (χ0) is 13.5. The van der Waals surface area contributed by atoms with Crippen LogP contribution in [0, 0.1) is 0 Å². The summed E-state index contributed by atoms with van der Waals surface area (Å²) in [6.45, 7) is 4.21. The Labute approximate surface area is 113 Å². The second kappa shape index (κ2) is 7.27. The third-order valence-corrected chi connectivity index (χ3v) is 2.95. The predicted molar refractivity (Wildman–Crippen MR) is 72.3 cm³/mol. The zero-order valence-electron chi connectivity index (χ0n) is 11.0. The molecule has 1 aromatic carbocycles. The Bertz CT molecular complexity index is 404. The van der Waals surface area contributed by atoms with Crippen molar-refractivity contribution in [2.24, 2.45) is 0 Å². The Morgan fingerprint density at radius 3 is 2.67 bits per heavy atom. The Balaban J connectivity index is 3.11. The maximum absolute atomic E-state index is 12.0. The molecule has 0 radical (unpaired) electrons. The Hall–Kier alpha value is -1.22. The average molecular weight is 271 g/mol. The van der Waals surface area contributed by atoms with Crippen LogP contribution in [0.15, 0.2) is 18.2 Å². The van der Waals surface area contributed by atoms with Gasteiger partial charge in [-0.1, -0.05) is 24.9 Å². The molecule has 1 unspecified atom stereocenters. The lowest BCUT2D eigenvalue weighted by molar-refractivity contribution is -0.145. The normalized spacial score (nSPS) is 12.0. The molecule has 0 aliphatic carbocycles. The largest absolute Gasteiger partial charge is 0.496 e. The van der Waals surface area contributed by atoms with Crippen molar-refractivity contribution in [2.75, 3.05) is 13.7 Å². The second-order valence-electron chi connectivity index (χ2n) is 3.98. The number of carbonyl (C=O) groups excluding carboxylic acids is 1. The van der Waals surface area contributed by atoms with Gasteiger partial charge in [0.1, 0.15) is 5.75 Å². The van der Waals surface area contributed by atoms with Crippen LogP contribution in [0.5, 0.6) is 5.75 Å². The third-order valence-electron chi connectivity index (χ3n) is 2.72. The topological polar surface area (TPSA) is 35.5 Å². The molecule has 3 nitrogen and oxygen atoms in total. The average Bonchev–Trinajstić information content (AvgIpc) is 2.36. The van der Waals surface area contributed by atoms with E-state index in [1.807, 2.05) is 6.92 Å². The molecule has 0 aliphatic heterocycles. The van der Waals surface area contributed by atoms with E-state index in [0.717, 1.165) is 18.4 Å². The summed E-state index contributed by atoms with van der Waals surface area (Å²) < 4.78 is 10.4. The summed E-state index contributed by atoms with van der Waals surface area (Å²) in [5, 5.41) is 0.594. The van der Waals surface area contributed by atoms with Crippen LogP contribution in [0.25, 0.3) is 0 Å². The van der Waals surface area contributed by atoms with Gasteiger partial charge in [-0.15, -0.1) is 0 Å². The van der Waals surface area contributed by atoms with Gasteiger partial charge >= 0.3 is 5.97 Å². The van der Waals surface area contributed by atoms with Gasteiger partial charge in [-0.2, -0.15) is 0 Å². The van der Waals surface area contributed by atoms with Crippen molar-refractivity contribution in [1.29, 1.82) is 0 Å². The number of esters is 1. The SMILES string of the molecule is CCCC(C(=O)OCC)c1cc(Cl)ccc1OC. The molecule has 0 saturated heterocycles. The summed E-state index contributed by atoms with van der Waals surface area (Å²) in [6, 6.07) is 5.30. The number of methoxy groups -OCH3 is 1. The van der Waals surface area contributed by atoms with E-state index in [1.165, 1.54) is 0 Å². The van der Waals surface area contributed by atoms with Crippen molar-refractivity contribution in [2.45, 2.75) is 32.6 Å². The molecular weight excluding hydrogens is 252 g/mol. The Morgan fingerprint density at radius 2 is 2.11 bits per heavy atom. The monoisotopic (exact) mass is 270 g/mol. The van der Waals surface area contributed by atoms with E-state index in [9.17, 15) is 4.79 Å². The first-order valence-electron chi connectivity index (χ1n) is 6.14. The minimum Gasteiger partial charge on any atom is -0.496 e. The zero-order valence-corrected chi connectivity index (χ0v) is 11.8. The van der Waals surface area contributed by atoms with Crippen LogP contribution in [0.4, 0.5) is 0 Å². The quantitative estimate of drug-likeness (QED) is 0.738. The number of hydrogen-bond donors (Lipinski definition) is 0. The van der Waals surface area contributed by atoms with E-state index in [1.54, 1.807) is 32.2 Å². The van der Waals surface area contributed by atoms with Crippen molar-refractivity contribution < 1.29 is 14.3 Å². The molecule has 18 heavy (non-hydrogen) atoms. The smallest absolute Gasteiger partial charge is 0.313 e. The van der Waals surface area contributed by atoms with E-state index in [4.69, 9.17) is 21.1 Å². The summed E-state index contributed by atoms with van der Waals surface area (Å²) in [7, 11) is 1.58. The second-order valence-corrected chi connectivity index (χ2v) is 4.42. The number of ether oxygens (including phenoxy) is 2. The molecule has 0 amide bonds. The van der Waals surface area contributed by atoms with Gasteiger partial charge in [0.15, 0.2) is 0 Å². The van der Waals surface area contributed by atoms with E-state index < -0.39 is 0 Å². The highest BCUT2D eigenvalue weighted by molar-refractivity contribution is 6.30. The first-order valence-corrected chi connectivity index (χ1v) is 6.51. The van der Waals surface area contributed by atoms with E-state index in [0.29, 0.717) is 17.4 Å². The maximum Gasteiger partial charge on any atom is 0.313 e. The molecule has 1 atom stereocenters. The van der Waals surface area contributed by atoms with Crippen LogP contribution < -0.4 is 4.74 Å². The van der Waals surface area contributed by atoms with Crippen LogP contribution in [0.2, 0.25) is 5.02 Å². The molecule has 0 saturated carbocycles. The maximum atomic E-state index is 12.0. The highest BCUT2D eigenvalue weighted by Crippen LogP contribution is 2.33. The van der Waals surface area contributed by atoms with Gasteiger partial charge in [-0.3, -0.25) is 4.79 Å². The lowest BCUT2D eigenvalue weighted by Gasteiger charge is -2.18. The standard InChI is InChI=1S/C14H19ClO3/c1-4-6-11(14(16)18-5-2)12-9-10(15)7-8-13(12)17-3/h7-9,11H,4-6H2,1-3H3. The first-order chi connectivity index (χ1) is 8.63. The van der Waals surface area contributed by atoms with Gasteiger partial charge < -0.3 is 9.47 Å². The van der Waals surface area contributed by atoms with Crippen LogP contribution >= 0.6 is 11.6 Å². The molecule has 0 N–H and O–H groups in total. The van der Waals surface area contributed by atoms with Gasteiger partial charge in [-0.05, 0) is 31.5 Å². The molecule has 1 aromatic rings. The highest BCUT2D eigenvalue weighted by Gasteiger charge is 2.24. The van der Waals surface area contributed by atoms with Crippen LogP contribution in [0.1, 0.15) is 38.2 Å². The Morgan fingerprint density at radius 1 is 1.39 bits per heavy atom. The number of halogens is 1. The van der Waals surface area contributed by atoms with E-state index in [-0.39, 0.29) is 11.9 Å². The van der Waals surface area contributed by atoms with Crippen molar-refractivity contribution >= 4 is 17.6 Å². The predicted octanol–water partition coefficient (Wildman–Crippen LogP) is 3.80. The lowest BCUT2D eigenvalue weighted by Crippen LogP contribution is -2.16. The van der Waals surface area contributed by atoms with E-state index >= 15 is 0 Å². The molecular formula is C14H19ClO3. The van der Waals surface area contributed by atoms with Gasteiger partial charge in [0, 0.05) is 10.6 Å². The van der Waals surface area contributed by atoms with Gasteiger partial charge in [0.05, 0.1) is 19.6 Å². The molecule has 100 valence electrons. The molecule has 1 rings (SSSR count). The van der Waals surface area contributed by atoms with Crippen molar-refractivity contribution in [3.8, 4) is 5.75 Å². The molecule has 0 fully saturated rings. The van der Waals surface area contributed by atoms with Crippen molar-refractivity contribution in [3.63, 3.8) is 0 Å². The third kappa shape index (κ3) is 3.64.